The van der Waals surface area contributed by atoms with Crippen LogP contribution < -0.4 is 14.8 Å². The van der Waals surface area contributed by atoms with Crippen molar-refractivity contribution in [3.05, 3.63) is 29.8 Å². The highest BCUT2D eigenvalue weighted by molar-refractivity contribution is 5.92. The van der Waals surface area contributed by atoms with Gasteiger partial charge in [-0.3, -0.25) is 4.79 Å². The molecule has 0 saturated heterocycles. The minimum Gasteiger partial charge on any atom is -0.493 e. The number of alkyl halides is 2. The van der Waals surface area contributed by atoms with Gasteiger partial charge >= 0.3 is 6.61 Å². The normalized spacial score (nSPS) is 25.7. The summed E-state index contributed by atoms with van der Waals surface area (Å²) in [5, 5.41) is 3.02. The van der Waals surface area contributed by atoms with E-state index >= 15 is 0 Å². The highest BCUT2D eigenvalue weighted by Gasteiger charge is 2.41. The van der Waals surface area contributed by atoms with Crippen molar-refractivity contribution in [2.75, 3.05) is 7.11 Å². The molecule has 1 N–H and O–H groups in total. The molecular weight excluding hydrogens is 340 g/mol. The highest BCUT2D eigenvalue weighted by atomic mass is 19.3. The van der Waals surface area contributed by atoms with E-state index in [9.17, 15) is 13.6 Å². The van der Waals surface area contributed by atoms with Crippen LogP contribution in [0.15, 0.2) is 24.3 Å². The zero-order chi connectivity index (χ0) is 18.7. The van der Waals surface area contributed by atoms with Crippen molar-refractivity contribution in [3.63, 3.8) is 0 Å². The van der Waals surface area contributed by atoms with Crippen LogP contribution >= 0.6 is 0 Å². The molecule has 2 aliphatic carbocycles. The molecule has 6 heteroatoms. The molecule has 2 fully saturated rings. The van der Waals surface area contributed by atoms with Crippen LogP contribution in [0.2, 0.25) is 0 Å². The summed E-state index contributed by atoms with van der Waals surface area (Å²) in [6.45, 7) is -0.918. The molecule has 2 bridgehead atoms. The van der Waals surface area contributed by atoms with Gasteiger partial charge in [0.05, 0.1) is 7.11 Å². The third-order valence-electron chi connectivity index (χ3n) is 5.66. The lowest BCUT2D eigenvalue weighted by atomic mass is 9.84. The number of rotatable bonds is 7. The van der Waals surface area contributed by atoms with E-state index in [0.29, 0.717) is 11.5 Å². The summed E-state index contributed by atoms with van der Waals surface area (Å²) < 4.78 is 34.9. The van der Waals surface area contributed by atoms with Crippen molar-refractivity contribution < 1.29 is 23.0 Å². The topological polar surface area (TPSA) is 47.6 Å². The van der Waals surface area contributed by atoms with Crippen LogP contribution in [0.5, 0.6) is 11.5 Å². The van der Waals surface area contributed by atoms with E-state index in [2.05, 4.69) is 10.1 Å². The molecule has 0 heterocycles. The number of halogens is 2. The summed E-state index contributed by atoms with van der Waals surface area (Å²) in [7, 11) is 1.38. The molecule has 0 aliphatic heterocycles. The van der Waals surface area contributed by atoms with E-state index < -0.39 is 6.61 Å². The van der Waals surface area contributed by atoms with Crippen LogP contribution in [0.1, 0.15) is 38.2 Å². The first-order chi connectivity index (χ1) is 12.5. The molecular formula is C20H25F2NO3. The van der Waals surface area contributed by atoms with Crippen molar-refractivity contribution in [2.24, 2.45) is 17.8 Å². The number of fused-ring (bicyclic) bond motifs is 2. The number of para-hydroxylation sites is 1. The third-order valence-corrected chi connectivity index (χ3v) is 5.66. The minimum absolute atomic E-state index is 0.0739. The van der Waals surface area contributed by atoms with Crippen LogP contribution in [0.25, 0.3) is 6.08 Å². The first kappa shape index (κ1) is 18.7. The molecule has 142 valence electrons. The predicted octanol–water partition coefficient (Wildman–Crippen LogP) is 4.25. The minimum atomic E-state index is -2.97. The second-order valence-electron chi connectivity index (χ2n) is 7.23. The Balaban J connectivity index is 1.64. The Morgan fingerprint density at radius 2 is 2.12 bits per heavy atom. The Bertz CT molecular complexity index is 677. The summed E-state index contributed by atoms with van der Waals surface area (Å²) in [6.07, 6.45) is 7.91. The number of hydrogen-bond acceptors (Lipinski definition) is 3. The first-order valence-electron chi connectivity index (χ1n) is 9.08. The maximum absolute atomic E-state index is 12.7. The summed E-state index contributed by atoms with van der Waals surface area (Å²) in [6, 6.07) is 4.91. The quantitative estimate of drug-likeness (QED) is 0.735. The fraction of sp³-hybridized carbons (Fsp3) is 0.550. The van der Waals surface area contributed by atoms with Gasteiger partial charge < -0.3 is 14.8 Å². The Kier molecular flexibility index (Phi) is 5.79. The van der Waals surface area contributed by atoms with Gasteiger partial charge in [0.2, 0.25) is 5.91 Å². The number of amides is 1. The number of methoxy groups -OCH3 is 1. The summed E-state index contributed by atoms with van der Waals surface area (Å²) in [5.74, 6) is 1.99. The molecule has 3 rings (SSSR count). The maximum Gasteiger partial charge on any atom is 0.387 e. The Labute approximate surface area is 152 Å². The van der Waals surface area contributed by atoms with E-state index in [1.807, 2.05) is 6.92 Å². The average Bonchev–Trinajstić information content (AvgIpc) is 3.23. The van der Waals surface area contributed by atoms with Crippen LogP contribution in [-0.4, -0.2) is 25.7 Å². The van der Waals surface area contributed by atoms with Gasteiger partial charge in [0.1, 0.15) is 0 Å². The third kappa shape index (κ3) is 4.17. The van der Waals surface area contributed by atoms with Crippen LogP contribution in [0.3, 0.4) is 0 Å². The predicted molar refractivity (Wildman–Crippen MR) is 95.2 cm³/mol. The number of nitrogens with one attached hydrogen (secondary N) is 1. The monoisotopic (exact) mass is 365 g/mol. The molecule has 26 heavy (non-hydrogen) atoms. The Hall–Kier alpha value is -2.11. The summed E-state index contributed by atoms with van der Waals surface area (Å²) >= 11 is 0. The average molecular weight is 365 g/mol. The highest BCUT2D eigenvalue weighted by Crippen LogP contribution is 2.49. The van der Waals surface area contributed by atoms with Crippen LogP contribution in [0, 0.1) is 17.8 Å². The molecule has 4 atom stereocenters. The second-order valence-corrected chi connectivity index (χ2v) is 7.23. The van der Waals surface area contributed by atoms with Crippen molar-refractivity contribution in [2.45, 2.75) is 45.3 Å². The molecule has 1 aromatic rings. The van der Waals surface area contributed by atoms with Gasteiger partial charge in [0, 0.05) is 17.7 Å². The molecule has 0 aromatic heterocycles. The lowest BCUT2D eigenvalue weighted by molar-refractivity contribution is -0.117. The summed E-state index contributed by atoms with van der Waals surface area (Å²) in [5.41, 5.74) is 0.368. The number of hydrogen-bond donors (Lipinski definition) is 1. The van der Waals surface area contributed by atoms with Gasteiger partial charge in [-0.1, -0.05) is 18.6 Å². The molecule has 4 nitrogen and oxygen atoms in total. The standard InChI is InChI=1S/C20H25F2NO3/c1-12(16-11-13-6-7-15(16)10-13)23-18(24)9-8-14-4-3-5-17(25-2)19(14)26-20(21)22/h3-5,8-9,12-13,15-16,20H,6-7,10-11H2,1-2H3,(H,23,24)/b9-8+. The smallest absolute Gasteiger partial charge is 0.387 e. The largest absolute Gasteiger partial charge is 0.493 e. The van der Waals surface area contributed by atoms with Gasteiger partial charge in [-0.15, -0.1) is 0 Å². The zero-order valence-corrected chi connectivity index (χ0v) is 15.1. The van der Waals surface area contributed by atoms with Gasteiger partial charge in [-0.05, 0) is 56.1 Å². The van der Waals surface area contributed by atoms with Crippen molar-refractivity contribution in [3.8, 4) is 11.5 Å². The fourth-order valence-corrected chi connectivity index (χ4v) is 4.49. The van der Waals surface area contributed by atoms with Crippen molar-refractivity contribution >= 4 is 12.0 Å². The van der Waals surface area contributed by atoms with Gasteiger partial charge in [-0.2, -0.15) is 8.78 Å². The van der Waals surface area contributed by atoms with Crippen molar-refractivity contribution in [1.29, 1.82) is 0 Å². The van der Waals surface area contributed by atoms with E-state index in [1.165, 1.54) is 51.0 Å². The summed E-state index contributed by atoms with van der Waals surface area (Å²) in [4.78, 5) is 12.3. The molecule has 0 radical (unpaired) electrons. The molecule has 4 unspecified atom stereocenters. The molecule has 0 spiro atoms. The van der Waals surface area contributed by atoms with Crippen LogP contribution in [0.4, 0.5) is 8.78 Å². The SMILES string of the molecule is COc1cccc(/C=C/C(=O)NC(C)C2CC3CCC2C3)c1OC(F)F. The number of carbonyl (C=O) groups is 1. The van der Waals surface area contributed by atoms with E-state index in [-0.39, 0.29) is 23.4 Å². The van der Waals surface area contributed by atoms with Crippen LogP contribution in [-0.2, 0) is 4.79 Å². The number of benzene rings is 1. The van der Waals surface area contributed by atoms with Gasteiger partial charge in [0.25, 0.3) is 0 Å². The second kappa shape index (κ2) is 8.06. The maximum atomic E-state index is 12.7. The Morgan fingerprint density at radius 3 is 2.73 bits per heavy atom. The zero-order valence-electron chi connectivity index (χ0n) is 15.1. The van der Waals surface area contributed by atoms with E-state index in [4.69, 9.17) is 4.74 Å². The van der Waals surface area contributed by atoms with Gasteiger partial charge in [0.15, 0.2) is 11.5 Å². The number of ether oxygens (including phenoxy) is 2. The van der Waals surface area contributed by atoms with Gasteiger partial charge in [-0.25, -0.2) is 0 Å². The molecule has 2 saturated carbocycles. The molecule has 2 aliphatic rings. The molecule has 1 amide bonds. The lowest BCUT2D eigenvalue weighted by Crippen LogP contribution is -2.39. The first-order valence-corrected chi connectivity index (χ1v) is 9.08. The van der Waals surface area contributed by atoms with E-state index in [1.54, 1.807) is 12.1 Å². The fourth-order valence-electron chi connectivity index (χ4n) is 4.49. The van der Waals surface area contributed by atoms with Crippen molar-refractivity contribution in [1.82, 2.24) is 5.32 Å². The molecule has 1 aromatic carbocycles. The number of carbonyl (C=O) groups excluding carboxylic acids is 1. The van der Waals surface area contributed by atoms with E-state index in [0.717, 1.165) is 11.8 Å². The lowest BCUT2D eigenvalue weighted by Gasteiger charge is -2.28. The Morgan fingerprint density at radius 1 is 1.31 bits per heavy atom.